The normalized spacial score (nSPS) is 11.8. The van der Waals surface area contributed by atoms with Crippen LogP contribution >= 0.6 is 0 Å². The Morgan fingerprint density at radius 2 is 1.94 bits per heavy atom. The van der Waals surface area contributed by atoms with Crippen molar-refractivity contribution in [3.05, 3.63) is 99.5 Å². The van der Waals surface area contributed by atoms with Crippen molar-refractivity contribution in [2.45, 2.75) is 19.3 Å². The molecule has 34 heavy (non-hydrogen) atoms. The minimum Gasteiger partial charge on any atom is -0.491 e. The summed E-state index contributed by atoms with van der Waals surface area (Å²) in [6.07, 6.45) is 3.56. The number of hydrogen-bond acceptors (Lipinski definition) is 6. The van der Waals surface area contributed by atoms with Gasteiger partial charge in [-0.25, -0.2) is 19.2 Å². The number of hydrogen-bond donors (Lipinski definition) is 3. The van der Waals surface area contributed by atoms with E-state index < -0.39 is 12.4 Å². The van der Waals surface area contributed by atoms with Gasteiger partial charge in [0, 0.05) is 23.9 Å². The summed E-state index contributed by atoms with van der Waals surface area (Å²) in [7, 11) is 0. The Kier molecular flexibility index (Phi) is 6.77. The maximum atomic E-state index is 12.7. The zero-order chi connectivity index (χ0) is 24.1. The van der Waals surface area contributed by atoms with Crippen LogP contribution in [-0.4, -0.2) is 43.8 Å². The molecule has 0 amide bonds. The number of aromatic amines is 1. The van der Waals surface area contributed by atoms with Gasteiger partial charge >= 0.3 is 5.69 Å². The number of H-pyrrole nitrogens is 1. The highest BCUT2D eigenvalue weighted by Crippen LogP contribution is 2.30. The smallest absolute Gasteiger partial charge is 0.350 e. The monoisotopic (exact) mass is 461 g/mol. The number of aryl methyl sites for hydroxylation is 1. The summed E-state index contributed by atoms with van der Waals surface area (Å²) in [5.41, 5.74) is 8.46. The van der Waals surface area contributed by atoms with Gasteiger partial charge in [0.2, 0.25) is 0 Å². The highest BCUT2D eigenvalue weighted by atomic mass is 19.1. The van der Waals surface area contributed by atoms with Crippen LogP contribution in [0.4, 0.5) is 4.39 Å². The fourth-order valence-corrected chi connectivity index (χ4v) is 3.68. The van der Waals surface area contributed by atoms with Crippen molar-refractivity contribution in [2.24, 2.45) is 5.73 Å². The lowest BCUT2D eigenvalue weighted by Gasteiger charge is -2.17. The predicted octanol–water partition coefficient (Wildman–Crippen LogP) is 2.67. The van der Waals surface area contributed by atoms with E-state index in [1.165, 1.54) is 12.4 Å². The van der Waals surface area contributed by atoms with Gasteiger partial charge < -0.3 is 10.5 Å². The Balaban J connectivity index is 1.77. The molecule has 0 spiro atoms. The molecule has 0 saturated heterocycles. The Labute approximate surface area is 195 Å². The van der Waals surface area contributed by atoms with Crippen molar-refractivity contribution < 1.29 is 9.13 Å². The van der Waals surface area contributed by atoms with Crippen molar-refractivity contribution in [3.63, 3.8) is 0 Å². The number of nitrogens with zero attached hydrogens (tertiary/aromatic N) is 4. The summed E-state index contributed by atoms with van der Waals surface area (Å²) >= 11 is 0. The first-order valence-electron chi connectivity index (χ1n) is 10.6. The van der Waals surface area contributed by atoms with Gasteiger partial charge in [-0.1, -0.05) is 30.3 Å². The van der Waals surface area contributed by atoms with Crippen LogP contribution in [0, 0.1) is 12.3 Å². The Hall–Kier alpha value is -4.34. The number of ether oxygens (including phenoxy) is 1. The average Bonchev–Trinajstić information content (AvgIpc) is 3.22. The summed E-state index contributed by atoms with van der Waals surface area (Å²) < 4.78 is 19.3. The van der Waals surface area contributed by atoms with Gasteiger partial charge in [0.1, 0.15) is 30.7 Å². The number of aromatic nitrogens is 5. The van der Waals surface area contributed by atoms with Gasteiger partial charge in [-0.3, -0.25) is 10.4 Å². The van der Waals surface area contributed by atoms with Crippen LogP contribution in [-0.2, 0) is 6.42 Å². The molecular formula is C24H24FN7O2. The van der Waals surface area contributed by atoms with Crippen LogP contribution in [0.25, 0.3) is 5.95 Å². The van der Waals surface area contributed by atoms with E-state index in [9.17, 15) is 9.18 Å². The summed E-state index contributed by atoms with van der Waals surface area (Å²) in [6, 6.07) is 14.6. The molecule has 0 radical (unpaired) electrons. The second-order valence-corrected chi connectivity index (χ2v) is 7.76. The molecule has 4 rings (SSSR count). The highest BCUT2D eigenvalue weighted by molar-refractivity contribution is 5.94. The molecule has 4 aromatic rings. The maximum absolute atomic E-state index is 12.7. The van der Waals surface area contributed by atoms with Gasteiger partial charge in [0.15, 0.2) is 0 Å². The molecule has 2 aromatic heterocycles. The van der Waals surface area contributed by atoms with Gasteiger partial charge in [0.05, 0.1) is 0 Å². The van der Waals surface area contributed by atoms with E-state index >= 15 is 0 Å². The molecule has 9 nitrogen and oxygen atoms in total. The molecular weight excluding hydrogens is 437 g/mol. The van der Waals surface area contributed by atoms with E-state index in [0.717, 1.165) is 21.4 Å². The molecule has 2 heterocycles. The Morgan fingerprint density at radius 3 is 2.62 bits per heavy atom. The third-order valence-corrected chi connectivity index (χ3v) is 5.23. The molecule has 1 atom stereocenters. The van der Waals surface area contributed by atoms with Crippen LogP contribution in [0.1, 0.15) is 34.0 Å². The molecule has 0 aliphatic heterocycles. The number of nitrogens with two attached hydrogens (primary N) is 1. The lowest BCUT2D eigenvalue weighted by Crippen LogP contribution is -2.18. The van der Waals surface area contributed by atoms with Crippen LogP contribution in [0.2, 0.25) is 0 Å². The molecule has 0 fully saturated rings. The first kappa shape index (κ1) is 22.8. The van der Waals surface area contributed by atoms with Crippen molar-refractivity contribution in [1.82, 2.24) is 24.7 Å². The van der Waals surface area contributed by atoms with Crippen molar-refractivity contribution in [2.75, 3.05) is 13.3 Å². The van der Waals surface area contributed by atoms with E-state index in [1.54, 1.807) is 18.2 Å². The van der Waals surface area contributed by atoms with Crippen molar-refractivity contribution >= 4 is 5.84 Å². The fourth-order valence-electron chi connectivity index (χ4n) is 3.68. The predicted molar refractivity (Wildman–Crippen MR) is 125 cm³/mol. The fraction of sp³-hybridized carbons (Fsp3) is 0.208. The number of benzene rings is 2. The minimum absolute atomic E-state index is 0.0117. The second-order valence-electron chi connectivity index (χ2n) is 7.76. The molecule has 0 aliphatic rings. The molecule has 0 bridgehead atoms. The zero-order valence-corrected chi connectivity index (χ0v) is 18.5. The summed E-state index contributed by atoms with van der Waals surface area (Å²) in [4.78, 5) is 23.7. The van der Waals surface area contributed by atoms with E-state index in [0.29, 0.717) is 23.6 Å². The molecule has 0 aliphatic carbocycles. The number of halogens is 1. The molecule has 10 heteroatoms. The number of nitrogen functional groups attached to an aromatic ring is 1. The number of nitrogens with one attached hydrogen (secondary N) is 2. The Morgan fingerprint density at radius 1 is 1.21 bits per heavy atom. The van der Waals surface area contributed by atoms with E-state index in [1.807, 2.05) is 37.3 Å². The third-order valence-electron chi connectivity index (χ3n) is 5.23. The summed E-state index contributed by atoms with van der Waals surface area (Å²) in [5.74, 6) is 0.763. The largest absolute Gasteiger partial charge is 0.491 e. The van der Waals surface area contributed by atoms with E-state index in [-0.39, 0.29) is 24.3 Å². The van der Waals surface area contributed by atoms with E-state index in [4.69, 9.17) is 15.9 Å². The average molecular weight is 462 g/mol. The Bertz CT molecular complexity index is 1330. The van der Waals surface area contributed by atoms with Crippen molar-refractivity contribution in [3.8, 4) is 11.7 Å². The standard InChI is InChI=1S/C24H24FN7O2/c1-15-11-18(14-19(12-15)34-10-7-25)20(13-16-3-5-17(6-4-16)21(26)27)22-30-24(33)32(31-22)23-28-8-2-9-29-23/h2-6,8-9,11-12,14,20H,7,10,13H2,1H3,(H3,26,27)(H,30,31,33). The molecule has 2 aromatic carbocycles. The van der Waals surface area contributed by atoms with Gasteiger partial charge in [0.25, 0.3) is 5.95 Å². The maximum Gasteiger partial charge on any atom is 0.350 e. The molecule has 1 unspecified atom stereocenters. The number of amidine groups is 1. The van der Waals surface area contributed by atoms with Gasteiger partial charge in [-0.15, -0.1) is 9.78 Å². The lowest BCUT2D eigenvalue weighted by molar-refractivity contribution is 0.273. The minimum atomic E-state index is -0.593. The number of alkyl halides is 1. The second kappa shape index (κ2) is 10.1. The summed E-state index contributed by atoms with van der Waals surface area (Å²) in [5, 5.41) is 12.1. The topological polar surface area (TPSA) is 136 Å². The zero-order valence-electron chi connectivity index (χ0n) is 18.5. The van der Waals surface area contributed by atoms with Crippen LogP contribution in [0.5, 0.6) is 5.75 Å². The quantitative estimate of drug-likeness (QED) is 0.259. The highest BCUT2D eigenvalue weighted by Gasteiger charge is 2.22. The lowest BCUT2D eigenvalue weighted by atomic mass is 9.90. The molecule has 4 N–H and O–H groups in total. The van der Waals surface area contributed by atoms with Crippen LogP contribution in [0.15, 0.2) is 65.7 Å². The molecule has 0 saturated carbocycles. The van der Waals surface area contributed by atoms with Crippen LogP contribution < -0.4 is 16.2 Å². The van der Waals surface area contributed by atoms with E-state index in [2.05, 4.69) is 20.1 Å². The SMILES string of the molecule is Cc1cc(OCCF)cc(C(Cc2ccc(C(=N)N)cc2)c2nn(-c3ncccn3)c(=O)[nH]2)c1. The first-order valence-corrected chi connectivity index (χ1v) is 10.6. The van der Waals surface area contributed by atoms with Crippen LogP contribution in [0.3, 0.4) is 0 Å². The van der Waals surface area contributed by atoms with Gasteiger partial charge in [-0.2, -0.15) is 0 Å². The van der Waals surface area contributed by atoms with Crippen molar-refractivity contribution in [1.29, 1.82) is 5.41 Å². The summed E-state index contributed by atoms with van der Waals surface area (Å²) in [6.45, 7) is 1.28. The number of rotatable bonds is 9. The third kappa shape index (κ3) is 5.17. The van der Waals surface area contributed by atoms with Gasteiger partial charge in [-0.05, 0) is 48.2 Å². The first-order chi connectivity index (χ1) is 16.4. The molecule has 174 valence electrons.